The number of aryl methyl sites for hydroxylation is 1. The van der Waals surface area contributed by atoms with Gasteiger partial charge in [0.05, 0.1) is 11.4 Å². The number of hydrogen-bond donors (Lipinski definition) is 2. The van der Waals surface area contributed by atoms with E-state index in [0.717, 1.165) is 18.8 Å². The lowest BCUT2D eigenvalue weighted by Crippen LogP contribution is -2.29. The quantitative estimate of drug-likeness (QED) is 0.639. The molecule has 2 aromatic carbocycles. The van der Waals surface area contributed by atoms with Crippen LogP contribution in [0.2, 0.25) is 0 Å². The molecule has 0 spiro atoms. The summed E-state index contributed by atoms with van der Waals surface area (Å²) in [6.45, 7) is 10.2. The fourth-order valence-electron chi connectivity index (χ4n) is 3.38. The topological polar surface area (TPSA) is 70.1 Å². The molecule has 0 aliphatic heterocycles. The number of anilines is 1. The Kier molecular flexibility index (Phi) is 6.34. The lowest BCUT2D eigenvalue weighted by atomic mass is 10.1. The lowest BCUT2D eigenvalue weighted by molar-refractivity contribution is 0.102. The largest absolute Gasteiger partial charge is 0.330 e. The average Bonchev–Trinajstić information content (AvgIpc) is 3.05. The smallest absolute Gasteiger partial charge is 0.320 e. The SMILES string of the molecule is CCN(Cc1ccc(C(=O)Nc2ccccc2-n2c(C)c[nH]c2=O)cc1)C(C)C. The van der Waals surface area contributed by atoms with Gasteiger partial charge in [-0.1, -0.05) is 31.2 Å². The first-order valence-electron chi connectivity index (χ1n) is 9.91. The maximum absolute atomic E-state index is 12.8. The number of nitrogens with zero attached hydrogens (tertiary/aromatic N) is 2. The first-order chi connectivity index (χ1) is 13.9. The second kappa shape index (κ2) is 8.92. The highest BCUT2D eigenvalue weighted by molar-refractivity contribution is 6.05. The number of H-pyrrole nitrogens is 1. The van der Waals surface area contributed by atoms with Crippen molar-refractivity contribution in [2.45, 2.75) is 40.3 Å². The van der Waals surface area contributed by atoms with Crippen molar-refractivity contribution in [1.29, 1.82) is 0 Å². The number of carbonyl (C=O) groups excluding carboxylic acids is 1. The molecule has 0 bridgehead atoms. The van der Waals surface area contributed by atoms with Gasteiger partial charge in [-0.15, -0.1) is 0 Å². The number of aromatic nitrogens is 2. The van der Waals surface area contributed by atoms with Crippen LogP contribution in [0.1, 0.15) is 42.4 Å². The van der Waals surface area contributed by atoms with E-state index < -0.39 is 0 Å². The van der Waals surface area contributed by atoms with Crippen LogP contribution in [-0.2, 0) is 6.54 Å². The number of para-hydroxylation sites is 2. The summed E-state index contributed by atoms with van der Waals surface area (Å²) in [7, 11) is 0. The van der Waals surface area contributed by atoms with Crippen LogP contribution in [0.25, 0.3) is 5.69 Å². The molecule has 0 fully saturated rings. The number of hydrogen-bond acceptors (Lipinski definition) is 3. The van der Waals surface area contributed by atoms with Gasteiger partial charge in [0.1, 0.15) is 0 Å². The molecule has 6 nitrogen and oxygen atoms in total. The molecule has 0 unspecified atom stereocenters. The van der Waals surface area contributed by atoms with Gasteiger partial charge in [-0.2, -0.15) is 0 Å². The Hall–Kier alpha value is -3.12. The molecule has 1 heterocycles. The molecular weight excluding hydrogens is 364 g/mol. The highest BCUT2D eigenvalue weighted by Crippen LogP contribution is 2.21. The van der Waals surface area contributed by atoms with Gasteiger partial charge in [0.25, 0.3) is 5.91 Å². The Balaban J connectivity index is 1.79. The molecule has 3 rings (SSSR count). The van der Waals surface area contributed by atoms with E-state index in [0.29, 0.717) is 23.0 Å². The summed E-state index contributed by atoms with van der Waals surface area (Å²) < 4.78 is 1.55. The standard InChI is InChI=1S/C23H28N4O2/c1-5-26(16(2)3)15-18-10-12-19(13-11-18)22(28)25-20-8-6-7-9-21(20)27-17(4)14-24-23(27)29/h6-14,16H,5,15H2,1-4H3,(H,24,29)(H,25,28). The summed E-state index contributed by atoms with van der Waals surface area (Å²) in [6.07, 6.45) is 1.65. The molecule has 0 radical (unpaired) electrons. The summed E-state index contributed by atoms with van der Waals surface area (Å²) in [5.74, 6) is -0.207. The second-order valence-corrected chi connectivity index (χ2v) is 7.40. The van der Waals surface area contributed by atoms with Crippen molar-refractivity contribution in [1.82, 2.24) is 14.5 Å². The zero-order valence-electron chi connectivity index (χ0n) is 17.4. The third-order valence-electron chi connectivity index (χ3n) is 5.09. The number of benzene rings is 2. The third-order valence-corrected chi connectivity index (χ3v) is 5.09. The second-order valence-electron chi connectivity index (χ2n) is 7.40. The molecule has 0 saturated carbocycles. The molecule has 152 valence electrons. The Labute approximate surface area is 171 Å². The van der Waals surface area contributed by atoms with E-state index >= 15 is 0 Å². The van der Waals surface area contributed by atoms with Gasteiger partial charge in [-0.05, 0) is 57.1 Å². The number of aromatic amines is 1. The van der Waals surface area contributed by atoms with Crippen LogP contribution in [0.15, 0.2) is 59.5 Å². The minimum Gasteiger partial charge on any atom is -0.320 e. The third kappa shape index (κ3) is 4.66. The first kappa shape index (κ1) is 20.6. The van der Waals surface area contributed by atoms with Crippen molar-refractivity contribution in [3.8, 4) is 5.69 Å². The van der Waals surface area contributed by atoms with E-state index in [1.54, 1.807) is 16.8 Å². The minimum atomic E-state index is -0.237. The summed E-state index contributed by atoms with van der Waals surface area (Å²) in [4.78, 5) is 30.0. The molecule has 0 aliphatic rings. The van der Waals surface area contributed by atoms with Crippen LogP contribution in [0, 0.1) is 6.92 Å². The maximum atomic E-state index is 12.8. The van der Waals surface area contributed by atoms with Gasteiger partial charge in [-0.3, -0.25) is 14.3 Å². The number of imidazole rings is 1. The van der Waals surface area contributed by atoms with Gasteiger partial charge >= 0.3 is 5.69 Å². The molecule has 0 saturated heterocycles. The lowest BCUT2D eigenvalue weighted by Gasteiger charge is -2.24. The first-order valence-corrected chi connectivity index (χ1v) is 9.91. The van der Waals surface area contributed by atoms with E-state index in [4.69, 9.17) is 0 Å². The maximum Gasteiger partial charge on any atom is 0.330 e. The van der Waals surface area contributed by atoms with Crippen molar-refractivity contribution in [2.24, 2.45) is 0 Å². The minimum absolute atomic E-state index is 0.207. The van der Waals surface area contributed by atoms with Crippen LogP contribution in [0.5, 0.6) is 0 Å². The highest BCUT2D eigenvalue weighted by atomic mass is 16.2. The Morgan fingerprint density at radius 3 is 2.41 bits per heavy atom. The number of nitrogens with one attached hydrogen (secondary N) is 2. The van der Waals surface area contributed by atoms with Crippen LogP contribution >= 0.6 is 0 Å². The molecule has 3 aromatic rings. The monoisotopic (exact) mass is 392 g/mol. The van der Waals surface area contributed by atoms with E-state index in [1.807, 2.05) is 49.4 Å². The fourth-order valence-corrected chi connectivity index (χ4v) is 3.38. The van der Waals surface area contributed by atoms with E-state index in [9.17, 15) is 9.59 Å². The Morgan fingerprint density at radius 2 is 1.83 bits per heavy atom. The normalized spacial score (nSPS) is 11.2. The molecule has 0 aliphatic carbocycles. The van der Waals surface area contributed by atoms with E-state index in [2.05, 4.69) is 36.0 Å². The van der Waals surface area contributed by atoms with E-state index in [1.165, 1.54) is 5.56 Å². The van der Waals surface area contributed by atoms with Crippen LogP contribution < -0.4 is 11.0 Å². The molecule has 1 amide bonds. The van der Waals surface area contributed by atoms with Gasteiger partial charge < -0.3 is 10.3 Å². The summed E-state index contributed by atoms with van der Waals surface area (Å²) in [5, 5.41) is 2.94. The van der Waals surface area contributed by atoms with Gasteiger partial charge in [0, 0.05) is 30.0 Å². The fraction of sp³-hybridized carbons (Fsp3) is 0.304. The summed E-state index contributed by atoms with van der Waals surface area (Å²) >= 11 is 0. The van der Waals surface area contributed by atoms with Gasteiger partial charge in [0.2, 0.25) is 0 Å². The molecule has 0 atom stereocenters. The molecule has 1 aromatic heterocycles. The average molecular weight is 393 g/mol. The van der Waals surface area contributed by atoms with Crippen LogP contribution in [-0.4, -0.2) is 32.9 Å². The van der Waals surface area contributed by atoms with Crippen LogP contribution in [0.4, 0.5) is 5.69 Å². The molecule has 2 N–H and O–H groups in total. The predicted octanol–water partition coefficient (Wildman–Crippen LogP) is 3.96. The van der Waals surface area contributed by atoms with E-state index in [-0.39, 0.29) is 11.6 Å². The highest BCUT2D eigenvalue weighted by Gasteiger charge is 2.14. The van der Waals surface area contributed by atoms with Gasteiger partial charge in [-0.25, -0.2) is 4.79 Å². The number of amides is 1. The van der Waals surface area contributed by atoms with Crippen molar-refractivity contribution in [3.05, 3.63) is 82.0 Å². The van der Waals surface area contributed by atoms with Crippen molar-refractivity contribution < 1.29 is 4.79 Å². The van der Waals surface area contributed by atoms with Crippen molar-refractivity contribution in [2.75, 3.05) is 11.9 Å². The molecule has 29 heavy (non-hydrogen) atoms. The van der Waals surface area contributed by atoms with Crippen molar-refractivity contribution >= 4 is 11.6 Å². The zero-order chi connectivity index (χ0) is 21.0. The predicted molar refractivity (Wildman–Crippen MR) is 117 cm³/mol. The van der Waals surface area contributed by atoms with Crippen molar-refractivity contribution in [3.63, 3.8) is 0 Å². The molecule has 6 heteroatoms. The summed E-state index contributed by atoms with van der Waals surface area (Å²) in [6, 6.07) is 15.4. The Bertz CT molecular complexity index is 1030. The number of carbonyl (C=O) groups is 1. The van der Waals surface area contributed by atoms with Crippen LogP contribution in [0.3, 0.4) is 0 Å². The summed E-state index contributed by atoms with van der Waals surface area (Å²) in [5.41, 5.74) is 3.51. The molecular formula is C23H28N4O2. The Morgan fingerprint density at radius 1 is 1.14 bits per heavy atom. The number of rotatable bonds is 7. The zero-order valence-corrected chi connectivity index (χ0v) is 17.4. The van der Waals surface area contributed by atoms with Gasteiger partial charge in [0.15, 0.2) is 0 Å².